The van der Waals surface area contributed by atoms with Gasteiger partial charge >= 0.3 is 12.1 Å². The molecule has 0 amide bonds. The summed E-state index contributed by atoms with van der Waals surface area (Å²) < 4.78 is 51.2. The number of hydrogen-bond acceptors (Lipinski definition) is 5. The number of benzene rings is 3. The molecule has 5 nitrogen and oxygen atoms in total. The monoisotopic (exact) mass is 533 g/mol. The molecule has 3 aromatic carbocycles. The number of hydrogen-bond donors (Lipinski definition) is 1. The Labute approximate surface area is 213 Å². The lowest BCUT2D eigenvalue weighted by atomic mass is 9.98. The average Bonchev–Trinajstić information content (AvgIpc) is 2.84. The van der Waals surface area contributed by atoms with Crippen LogP contribution in [0.4, 0.5) is 13.2 Å². The molecular formula is C26H19ClF3NO4S. The van der Waals surface area contributed by atoms with Crippen LogP contribution in [0.5, 0.6) is 5.75 Å². The molecule has 0 unspecified atom stereocenters. The van der Waals surface area contributed by atoms with E-state index in [0.29, 0.717) is 26.8 Å². The van der Waals surface area contributed by atoms with Gasteiger partial charge in [0.15, 0.2) is 0 Å². The Balaban J connectivity index is 1.96. The highest BCUT2D eigenvalue weighted by Gasteiger charge is 2.31. The smallest absolute Gasteiger partial charge is 0.416 e. The van der Waals surface area contributed by atoms with Crippen LogP contribution in [0, 0.1) is 0 Å². The second-order valence-electron chi connectivity index (χ2n) is 7.61. The highest BCUT2D eigenvalue weighted by atomic mass is 35.5. The molecule has 1 heterocycles. The predicted molar refractivity (Wildman–Crippen MR) is 133 cm³/mol. The second kappa shape index (κ2) is 10.3. The van der Waals surface area contributed by atoms with Crippen molar-refractivity contribution in [1.29, 1.82) is 0 Å². The van der Waals surface area contributed by atoms with Gasteiger partial charge in [-0.25, -0.2) is 4.79 Å². The van der Waals surface area contributed by atoms with Crippen molar-refractivity contribution in [1.82, 2.24) is 4.98 Å². The second-order valence-corrected chi connectivity index (χ2v) is 9.13. The third kappa shape index (κ3) is 5.22. The molecule has 0 saturated carbocycles. The molecule has 1 aromatic heterocycles. The number of methoxy groups -OCH3 is 1. The summed E-state index contributed by atoms with van der Waals surface area (Å²) in [6.07, 6.45) is -4.59. The van der Waals surface area contributed by atoms with Gasteiger partial charge in [-0.3, -0.25) is 4.79 Å². The number of H-pyrrole nitrogens is 1. The molecule has 4 rings (SSSR count). The van der Waals surface area contributed by atoms with Gasteiger partial charge in [0.25, 0.3) is 5.56 Å². The zero-order chi connectivity index (χ0) is 26.0. The Bertz CT molecular complexity index is 1500. The van der Waals surface area contributed by atoms with Crippen LogP contribution in [-0.4, -0.2) is 24.7 Å². The van der Waals surface area contributed by atoms with Crippen molar-refractivity contribution in [2.75, 3.05) is 13.7 Å². The number of alkyl halides is 3. The van der Waals surface area contributed by atoms with Crippen LogP contribution >= 0.6 is 23.4 Å². The SMILES string of the molecule is CCOC(=O)c1ccc(Sc2c(-c3cc(Cl)ccc3OC)c3cc(C(F)(F)F)ccc3[nH]c2=O)cc1. The first kappa shape index (κ1) is 25.7. The largest absolute Gasteiger partial charge is 0.496 e. The van der Waals surface area contributed by atoms with E-state index >= 15 is 0 Å². The lowest BCUT2D eigenvalue weighted by molar-refractivity contribution is -0.137. The van der Waals surface area contributed by atoms with Crippen molar-refractivity contribution in [3.63, 3.8) is 0 Å². The number of carbonyl (C=O) groups is 1. The highest BCUT2D eigenvalue weighted by molar-refractivity contribution is 7.99. The molecule has 0 aliphatic rings. The molecule has 0 aliphatic heterocycles. The van der Waals surface area contributed by atoms with E-state index in [1.165, 1.54) is 13.2 Å². The van der Waals surface area contributed by atoms with Gasteiger partial charge in [-0.15, -0.1) is 0 Å². The van der Waals surface area contributed by atoms with Crippen LogP contribution in [0.15, 0.2) is 75.2 Å². The van der Waals surface area contributed by atoms with E-state index < -0.39 is 23.3 Å². The molecule has 36 heavy (non-hydrogen) atoms. The maximum absolute atomic E-state index is 13.6. The summed E-state index contributed by atoms with van der Waals surface area (Å²) in [6, 6.07) is 14.2. The van der Waals surface area contributed by atoms with E-state index in [0.717, 1.165) is 23.9 Å². The van der Waals surface area contributed by atoms with E-state index in [9.17, 15) is 22.8 Å². The molecule has 10 heteroatoms. The maximum atomic E-state index is 13.6. The van der Waals surface area contributed by atoms with E-state index in [-0.39, 0.29) is 28.0 Å². The topological polar surface area (TPSA) is 68.4 Å². The van der Waals surface area contributed by atoms with Crippen molar-refractivity contribution < 1.29 is 27.4 Å². The Morgan fingerprint density at radius 2 is 1.78 bits per heavy atom. The van der Waals surface area contributed by atoms with E-state index in [1.54, 1.807) is 49.4 Å². The molecule has 0 fully saturated rings. The number of nitrogens with one attached hydrogen (secondary N) is 1. The minimum Gasteiger partial charge on any atom is -0.496 e. The summed E-state index contributed by atoms with van der Waals surface area (Å²) in [5, 5.41) is 0.497. The molecular weight excluding hydrogens is 515 g/mol. The molecule has 0 radical (unpaired) electrons. The van der Waals surface area contributed by atoms with E-state index in [2.05, 4.69) is 4.98 Å². The summed E-state index contributed by atoms with van der Waals surface area (Å²) in [5.74, 6) is -0.148. The lowest BCUT2D eigenvalue weighted by Crippen LogP contribution is -2.12. The van der Waals surface area contributed by atoms with Gasteiger partial charge < -0.3 is 14.5 Å². The fraction of sp³-hybridized carbons (Fsp3) is 0.154. The highest BCUT2D eigenvalue weighted by Crippen LogP contribution is 2.43. The number of halogens is 4. The summed E-state index contributed by atoms with van der Waals surface area (Å²) in [6.45, 7) is 1.93. The minimum atomic E-state index is -4.59. The number of pyridine rings is 1. The molecule has 0 aliphatic carbocycles. The van der Waals surface area contributed by atoms with Crippen molar-refractivity contribution in [2.24, 2.45) is 0 Å². The first-order valence-electron chi connectivity index (χ1n) is 10.7. The van der Waals surface area contributed by atoms with Crippen molar-refractivity contribution in [3.05, 3.63) is 87.2 Å². The zero-order valence-electron chi connectivity index (χ0n) is 19.0. The van der Waals surface area contributed by atoms with Gasteiger partial charge in [0, 0.05) is 31.9 Å². The van der Waals surface area contributed by atoms with Crippen LogP contribution in [0.2, 0.25) is 5.02 Å². The molecule has 0 saturated heterocycles. The first-order valence-corrected chi connectivity index (χ1v) is 11.9. The number of carbonyl (C=O) groups excluding carboxylic acids is 1. The quantitative estimate of drug-likeness (QED) is 0.265. The molecule has 1 N–H and O–H groups in total. The molecule has 0 atom stereocenters. The average molecular weight is 534 g/mol. The van der Waals surface area contributed by atoms with Gasteiger partial charge in [-0.1, -0.05) is 23.4 Å². The standard InChI is InChI=1S/C26H19ClF3NO4S/c1-3-35-25(33)14-4-8-17(9-5-14)36-23-22(19-13-16(27)7-11-21(19)34-2)18-12-15(26(28,29)30)6-10-20(18)31-24(23)32/h4-13H,3H2,1-2H3,(H,31,32). The third-order valence-corrected chi connectivity index (χ3v) is 6.65. The Kier molecular flexibility index (Phi) is 7.33. The predicted octanol–water partition coefficient (Wildman–Crippen LogP) is 7.20. The lowest BCUT2D eigenvalue weighted by Gasteiger charge is -2.17. The van der Waals surface area contributed by atoms with Gasteiger partial charge in [0.1, 0.15) is 5.75 Å². The maximum Gasteiger partial charge on any atom is 0.416 e. The van der Waals surface area contributed by atoms with Gasteiger partial charge in [-0.2, -0.15) is 13.2 Å². The third-order valence-electron chi connectivity index (χ3n) is 5.31. The molecule has 4 aromatic rings. The van der Waals surface area contributed by atoms with E-state index in [1.807, 2.05) is 0 Å². The number of aromatic amines is 1. The Morgan fingerprint density at radius 3 is 2.42 bits per heavy atom. The fourth-order valence-corrected chi connectivity index (χ4v) is 4.83. The van der Waals surface area contributed by atoms with Crippen LogP contribution in [0.3, 0.4) is 0 Å². The Hall–Kier alpha value is -3.43. The van der Waals surface area contributed by atoms with Crippen molar-refractivity contribution in [3.8, 4) is 16.9 Å². The van der Waals surface area contributed by atoms with Crippen LogP contribution in [0.1, 0.15) is 22.8 Å². The van der Waals surface area contributed by atoms with E-state index in [4.69, 9.17) is 21.1 Å². The molecule has 0 bridgehead atoms. The summed E-state index contributed by atoms with van der Waals surface area (Å²) in [5.41, 5.74) is -0.185. The normalized spacial score (nSPS) is 11.5. The molecule has 0 spiro atoms. The van der Waals surface area contributed by atoms with Crippen LogP contribution in [0.25, 0.3) is 22.0 Å². The van der Waals surface area contributed by atoms with Crippen LogP contribution < -0.4 is 10.3 Å². The minimum absolute atomic E-state index is 0.145. The summed E-state index contributed by atoms with van der Waals surface area (Å²) in [7, 11) is 1.42. The first-order chi connectivity index (χ1) is 17.1. The fourth-order valence-electron chi connectivity index (χ4n) is 3.68. The zero-order valence-corrected chi connectivity index (χ0v) is 20.6. The Morgan fingerprint density at radius 1 is 1.06 bits per heavy atom. The number of aromatic nitrogens is 1. The summed E-state index contributed by atoms with van der Waals surface area (Å²) >= 11 is 7.28. The molecule has 186 valence electrons. The van der Waals surface area contributed by atoms with Crippen molar-refractivity contribution >= 4 is 40.2 Å². The van der Waals surface area contributed by atoms with Crippen LogP contribution in [-0.2, 0) is 10.9 Å². The number of rotatable bonds is 6. The summed E-state index contributed by atoms with van der Waals surface area (Å²) in [4.78, 5) is 28.6. The van der Waals surface area contributed by atoms with Crippen molar-refractivity contribution in [2.45, 2.75) is 22.9 Å². The number of ether oxygens (including phenoxy) is 2. The number of esters is 1. The van der Waals surface area contributed by atoms with Gasteiger partial charge in [-0.05, 0) is 67.6 Å². The number of fused-ring (bicyclic) bond motifs is 1. The van der Waals surface area contributed by atoms with Gasteiger partial charge in [0.05, 0.1) is 29.7 Å². The van der Waals surface area contributed by atoms with Gasteiger partial charge in [0.2, 0.25) is 0 Å².